The third-order valence-corrected chi connectivity index (χ3v) is 2.30. The van der Waals surface area contributed by atoms with E-state index in [0.29, 0.717) is 13.0 Å². The Balaban J connectivity index is 2.14. The van der Waals surface area contributed by atoms with Crippen LogP contribution in [0.25, 0.3) is 0 Å². The summed E-state index contributed by atoms with van der Waals surface area (Å²) in [6, 6.07) is 0. The van der Waals surface area contributed by atoms with Crippen LogP contribution in [-0.4, -0.2) is 25.2 Å². The van der Waals surface area contributed by atoms with Crippen molar-refractivity contribution in [3.8, 4) is 0 Å². The van der Waals surface area contributed by atoms with Crippen LogP contribution in [-0.2, 0) is 19.1 Å². The minimum atomic E-state index is -0.373. The molecule has 0 N–H and O–H groups in total. The molecule has 1 aliphatic rings. The molecule has 4 nitrogen and oxygen atoms in total. The molecule has 0 radical (unpaired) electrons. The highest BCUT2D eigenvalue weighted by Crippen LogP contribution is 2.15. The van der Waals surface area contributed by atoms with Crippen LogP contribution in [0.15, 0.2) is 36.0 Å². The van der Waals surface area contributed by atoms with Gasteiger partial charge < -0.3 is 9.47 Å². The summed E-state index contributed by atoms with van der Waals surface area (Å²) in [4.78, 5) is 22.3. The van der Waals surface area contributed by atoms with Crippen LogP contribution >= 0.6 is 0 Å². The molecule has 0 aromatic rings. The van der Waals surface area contributed by atoms with Crippen LogP contribution in [0.4, 0.5) is 0 Å². The Kier molecular flexibility index (Phi) is 6.54. The Morgan fingerprint density at radius 3 is 2.83 bits per heavy atom. The van der Waals surface area contributed by atoms with E-state index in [-0.39, 0.29) is 18.5 Å². The van der Waals surface area contributed by atoms with E-state index in [1.54, 1.807) is 13.0 Å². The van der Waals surface area contributed by atoms with Gasteiger partial charge in [0.2, 0.25) is 0 Å². The van der Waals surface area contributed by atoms with Gasteiger partial charge in [0.25, 0.3) is 0 Å². The molecule has 1 rings (SSSR count). The molecule has 98 valence electrons. The Morgan fingerprint density at radius 1 is 1.33 bits per heavy atom. The van der Waals surface area contributed by atoms with Gasteiger partial charge in [0.05, 0.1) is 13.2 Å². The molecular formula is C14H18O4. The topological polar surface area (TPSA) is 52.6 Å². The standard InChI is InChI=1S/C14H18O4/c1-2-17-13(15)9-5-6-10-18-14(16)11-12-7-3-4-8-12/h3,5,7,9,11H,2,4,6,8,10H2,1H3/b9-5+,12-11-. The fourth-order valence-corrected chi connectivity index (χ4v) is 1.48. The molecule has 0 aromatic carbocycles. The van der Waals surface area contributed by atoms with E-state index in [1.807, 2.05) is 12.2 Å². The lowest BCUT2D eigenvalue weighted by atomic mass is 10.2. The van der Waals surface area contributed by atoms with Crippen molar-refractivity contribution in [3.63, 3.8) is 0 Å². The predicted octanol–water partition coefficient (Wildman–Crippen LogP) is 2.32. The van der Waals surface area contributed by atoms with Gasteiger partial charge in [0, 0.05) is 18.6 Å². The van der Waals surface area contributed by atoms with Crippen LogP contribution < -0.4 is 0 Å². The maximum Gasteiger partial charge on any atom is 0.331 e. The van der Waals surface area contributed by atoms with Crippen molar-refractivity contribution in [2.45, 2.75) is 26.2 Å². The number of hydrogen-bond acceptors (Lipinski definition) is 4. The molecular weight excluding hydrogens is 232 g/mol. The lowest BCUT2D eigenvalue weighted by molar-refractivity contribution is -0.138. The third kappa shape index (κ3) is 6.03. The normalized spacial score (nSPS) is 16.4. The fraction of sp³-hybridized carbons (Fsp3) is 0.429. The van der Waals surface area contributed by atoms with Crippen LogP contribution in [0, 0.1) is 0 Å². The molecule has 0 spiro atoms. The van der Waals surface area contributed by atoms with Gasteiger partial charge in [-0.15, -0.1) is 0 Å². The average molecular weight is 250 g/mol. The van der Waals surface area contributed by atoms with E-state index >= 15 is 0 Å². The second kappa shape index (κ2) is 8.28. The number of hydrogen-bond donors (Lipinski definition) is 0. The molecule has 18 heavy (non-hydrogen) atoms. The van der Waals surface area contributed by atoms with Gasteiger partial charge in [-0.3, -0.25) is 0 Å². The van der Waals surface area contributed by atoms with Gasteiger partial charge in [-0.1, -0.05) is 18.2 Å². The smallest absolute Gasteiger partial charge is 0.331 e. The fourth-order valence-electron chi connectivity index (χ4n) is 1.48. The number of carbonyl (C=O) groups excluding carboxylic acids is 2. The molecule has 0 bridgehead atoms. The van der Waals surface area contributed by atoms with Crippen molar-refractivity contribution < 1.29 is 19.1 Å². The van der Waals surface area contributed by atoms with E-state index in [1.165, 1.54) is 12.2 Å². The highest BCUT2D eigenvalue weighted by Gasteiger charge is 2.03. The Morgan fingerprint density at radius 2 is 2.17 bits per heavy atom. The minimum Gasteiger partial charge on any atom is -0.463 e. The molecule has 0 heterocycles. The summed E-state index contributed by atoms with van der Waals surface area (Å²) >= 11 is 0. The summed E-state index contributed by atoms with van der Waals surface area (Å²) in [7, 11) is 0. The first-order chi connectivity index (χ1) is 8.72. The number of rotatable bonds is 6. The molecule has 0 aromatic heterocycles. The minimum absolute atomic E-state index is 0.266. The molecule has 0 atom stereocenters. The van der Waals surface area contributed by atoms with Gasteiger partial charge in [-0.05, 0) is 25.3 Å². The van der Waals surface area contributed by atoms with Crippen LogP contribution in [0.5, 0.6) is 0 Å². The summed E-state index contributed by atoms with van der Waals surface area (Å²) in [5.41, 5.74) is 1.00. The van der Waals surface area contributed by atoms with E-state index in [9.17, 15) is 9.59 Å². The third-order valence-electron chi connectivity index (χ3n) is 2.30. The van der Waals surface area contributed by atoms with Crippen LogP contribution in [0.2, 0.25) is 0 Å². The van der Waals surface area contributed by atoms with Crippen molar-refractivity contribution in [2.75, 3.05) is 13.2 Å². The highest BCUT2D eigenvalue weighted by molar-refractivity contribution is 5.83. The van der Waals surface area contributed by atoms with Crippen molar-refractivity contribution in [1.29, 1.82) is 0 Å². The van der Waals surface area contributed by atoms with Crippen LogP contribution in [0.1, 0.15) is 26.2 Å². The van der Waals surface area contributed by atoms with E-state index in [4.69, 9.17) is 9.47 Å². The first kappa shape index (κ1) is 14.2. The lowest BCUT2D eigenvalue weighted by Gasteiger charge is -1.99. The SMILES string of the molecule is CCOC(=O)/C=C/CCOC(=O)/C=C1/C=CCC1. The zero-order chi connectivity index (χ0) is 13.2. The lowest BCUT2D eigenvalue weighted by Crippen LogP contribution is -2.03. The quantitative estimate of drug-likeness (QED) is 0.412. The molecule has 0 fully saturated rings. The van der Waals surface area contributed by atoms with Gasteiger partial charge in [0.15, 0.2) is 0 Å². The molecule has 0 saturated carbocycles. The second-order valence-corrected chi connectivity index (χ2v) is 3.77. The summed E-state index contributed by atoms with van der Waals surface area (Å²) in [6.45, 7) is 2.37. The number of allylic oxidation sites excluding steroid dienone is 3. The first-order valence-electron chi connectivity index (χ1n) is 6.09. The Bertz CT molecular complexity index is 377. The zero-order valence-corrected chi connectivity index (χ0v) is 10.6. The molecule has 4 heteroatoms. The molecule has 0 unspecified atom stereocenters. The monoisotopic (exact) mass is 250 g/mol. The number of carbonyl (C=O) groups is 2. The second-order valence-electron chi connectivity index (χ2n) is 3.77. The Labute approximate surface area is 107 Å². The maximum atomic E-state index is 11.4. The Hall–Kier alpha value is -1.84. The van der Waals surface area contributed by atoms with Gasteiger partial charge in [-0.2, -0.15) is 0 Å². The van der Waals surface area contributed by atoms with Crippen LogP contribution in [0.3, 0.4) is 0 Å². The zero-order valence-electron chi connectivity index (χ0n) is 10.6. The van der Waals surface area contributed by atoms with Gasteiger partial charge >= 0.3 is 11.9 Å². The molecule has 0 aliphatic heterocycles. The number of ether oxygens (including phenoxy) is 2. The van der Waals surface area contributed by atoms with E-state index in [0.717, 1.165) is 18.4 Å². The summed E-state index contributed by atoms with van der Waals surface area (Å²) in [5.74, 6) is -0.705. The molecule has 0 amide bonds. The predicted molar refractivity (Wildman–Crippen MR) is 67.8 cm³/mol. The molecule has 0 saturated heterocycles. The highest BCUT2D eigenvalue weighted by atomic mass is 16.5. The van der Waals surface area contributed by atoms with Crippen molar-refractivity contribution in [1.82, 2.24) is 0 Å². The average Bonchev–Trinajstić information content (AvgIpc) is 2.81. The van der Waals surface area contributed by atoms with E-state index < -0.39 is 0 Å². The largest absolute Gasteiger partial charge is 0.463 e. The van der Waals surface area contributed by atoms with Crippen molar-refractivity contribution >= 4 is 11.9 Å². The first-order valence-corrected chi connectivity index (χ1v) is 6.09. The molecule has 1 aliphatic carbocycles. The summed E-state index contributed by atoms with van der Waals surface area (Å²) in [6.07, 6.45) is 10.8. The van der Waals surface area contributed by atoms with Gasteiger partial charge in [0.1, 0.15) is 0 Å². The number of esters is 2. The summed E-state index contributed by atoms with van der Waals surface area (Å²) in [5, 5.41) is 0. The summed E-state index contributed by atoms with van der Waals surface area (Å²) < 4.78 is 9.70. The maximum absolute atomic E-state index is 11.4. The van der Waals surface area contributed by atoms with Gasteiger partial charge in [-0.25, -0.2) is 9.59 Å². The van der Waals surface area contributed by atoms with Crippen molar-refractivity contribution in [2.24, 2.45) is 0 Å². The van der Waals surface area contributed by atoms with E-state index in [2.05, 4.69) is 0 Å². The van der Waals surface area contributed by atoms with Crippen molar-refractivity contribution in [3.05, 3.63) is 36.0 Å².